The summed E-state index contributed by atoms with van der Waals surface area (Å²) >= 11 is 0. The molecule has 0 bridgehead atoms. The lowest BCUT2D eigenvalue weighted by Gasteiger charge is -2.12. The Bertz CT molecular complexity index is 1670. The van der Waals surface area contributed by atoms with E-state index < -0.39 is 0 Å². The van der Waals surface area contributed by atoms with Crippen molar-refractivity contribution in [1.29, 1.82) is 15.8 Å². The van der Waals surface area contributed by atoms with Gasteiger partial charge < -0.3 is 0 Å². The highest BCUT2D eigenvalue weighted by Gasteiger charge is 2.08. The minimum absolute atomic E-state index is 0.444. The molecule has 0 aromatic heterocycles. The normalized spacial score (nSPS) is 10.9. The van der Waals surface area contributed by atoms with Gasteiger partial charge in [0.2, 0.25) is 0 Å². The maximum Gasteiger partial charge on any atom is 0.0985 e. The first-order valence-electron chi connectivity index (χ1n) is 14.6. The molecule has 0 heterocycles. The standard InChI is InChI=1S/C42H33N3/c1-31(28-43)7-4-10-34-13-19-37(20-14-34)40-25-41(38-21-15-35(16-22-38)11-5-8-32(2)29-44)27-42(26-40)39-23-17-36(18-24-39)12-6-9-33(3)30-45/h4-9,13-27H,1-3,10-12H2/b7-4-,8-5-,9-6-. The molecule has 216 valence electrons. The predicted octanol–water partition coefficient (Wildman–Crippen LogP) is 10.2. The molecule has 4 aromatic carbocycles. The summed E-state index contributed by atoms with van der Waals surface area (Å²) < 4.78 is 0. The number of nitriles is 3. The van der Waals surface area contributed by atoms with Crippen molar-refractivity contribution in [1.82, 2.24) is 0 Å². The third-order valence-electron chi connectivity index (χ3n) is 7.24. The van der Waals surface area contributed by atoms with Gasteiger partial charge in [-0.25, -0.2) is 0 Å². The fraction of sp³-hybridized carbons (Fsp3) is 0.0714. The SMILES string of the molecule is C=C(C#N)/C=C\Cc1ccc(-c2cc(-c3ccc(C/C=C\C(=C)C#N)cc3)cc(-c3ccc(C/C=C\C(=C)C#N)cc3)c2)cc1. The molecule has 0 unspecified atom stereocenters. The van der Waals surface area contributed by atoms with E-state index in [0.717, 1.165) is 69.3 Å². The molecule has 0 N–H and O–H groups in total. The van der Waals surface area contributed by atoms with Crippen LogP contribution in [-0.4, -0.2) is 0 Å². The summed E-state index contributed by atoms with van der Waals surface area (Å²) in [6.45, 7) is 11.1. The van der Waals surface area contributed by atoms with Gasteiger partial charge in [0.25, 0.3) is 0 Å². The Labute approximate surface area is 266 Å². The summed E-state index contributed by atoms with van der Waals surface area (Å²) in [7, 11) is 0. The van der Waals surface area contributed by atoms with Crippen LogP contribution in [0.15, 0.2) is 164 Å². The molecule has 4 aromatic rings. The molecule has 0 radical (unpaired) electrons. The van der Waals surface area contributed by atoms with E-state index in [1.54, 1.807) is 18.2 Å². The van der Waals surface area contributed by atoms with Crippen molar-refractivity contribution in [3.63, 3.8) is 0 Å². The second kappa shape index (κ2) is 15.9. The summed E-state index contributed by atoms with van der Waals surface area (Å²) in [5.74, 6) is 0. The van der Waals surface area contributed by atoms with Crippen LogP contribution >= 0.6 is 0 Å². The quantitative estimate of drug-likeness (QED) is 0.124. The minimum atomic E-state index is 0.444. The highest BCUT2D eigenvalue weighted by molar-refractivity contribution is 5.81. The van der Waals surface area contributed by atoms with E-state index >= 15 is 0 Å². The van der Waals surface area contributed by atoms with Crippen LogP contribution < -0.4 is 0 Å². The Balaban J connectivity index is 1.65. The second-order valence-electron chi connectivity index (χ2n) is 10.6. The van der Waals surface area contributed by atoms with Crippen molar-refractivity contribution in [2.75, 3.05) is 0 Å². The lowest BCUT2D eigenvalue weighted by molar-refractivity contribution is 1.26. The van der Waals surface area contributed by atoms with Gasteiger partial charge in [0.15, 0.2) is 0 Å². The first kappa shape index (κ1) is 31.7. The maximum absolute atomic E-state index is 8.92. The molecule has 0 amide bonds. The molecule has 0 aliphatic heterocycles. The molecule has 3 heteroatoms. The van der Waals surface area contributed by atoms with E-state index in [1.165, 1.54) is 0 Å². The fourth-order valence-electron chi connectivity index (χ4n) is 4.75. The van der Waals surface area contributed by atoms with Gasteiger partial charge in [-0.3, -0.25) is 0 Å². The van der Waals surface area contributed by atoms with Crippen LogP contribution in [0.4, 0.5) is 0 Å². The van der Waals surface area contributed by atoms with Crippen molar-refractivity contribution in [3.05, 3.63) is 181 Å². The molecule has 45 heavy (non-hydrogen) atoms. The number of nitrogens with zero attached hydrogens (tertiary/aromatic N) is 3. The van der Waals surface area contributed by atoms with Crippen molar-refractivity contribution < 1.29 is 0 Å². The van der Waals surface area contributed by atoms with Gasteiger partial charge >= 0.3 is 0 Å². The molecular formula is C42H33N3. The monoisotopic (exact) mass is 579 g/mol. The third-order valence-corrected chi connectivity index (χ3v) is 7.24. The highest BCUT2D eigenvalue weighted by atomic mass is 14.2. The average Bonchev–Trinajstić information content (AvgIpc) is 3.08. The summed E-state index contributed by atoms with van der Waals surface area (Å²) in [5, 5.41) is 26.8. The van der Waals surface area contributed by atoms with Crippen molar-refractivity contribution in [2.45, 2.75) is 19.3 Å². The first-order chi connectivity index (χ1) is 21.9. The van der Waals surface area contributed by atoms with Gasteiger partial charge in [-0.05, 0) is 106 Å². The van der Waals surface area contributed by atoms with Gasteiger partial charge in [0.1, 0.15) is 0 Å². The number of benzene rings is 4. The zero-order valence-corrected chi connectivity index (χ0v) is 25.2. The molecular weight excluding hydrogens is 546 g/mol. The van der Waals surface area contributed by atoms with Crippen LogP contribution in [0.1, 0.15) is 16.7 Å². The van der Waals surface area contributed by atoms with Crippen LogP contribution in [0, 0.1) is 34.0 Å². The number of hydrogen-bond donors (Lipinski definition) is 0. The van der Waals surface area contributed by atoms with Crippen LogP contribution in [0.2, 0.25) is 0 Å². The van der Waals surface area contributed by atoms with Gasteiger partial charge in [0, 0.05) is 16.7 Å². The van der Waals surface area contributed by atoms with E-state index in [1.807, 2.05) is 36.4 Å². The molecule has 0 atom stereocenters. The van der Waals surface area contributed by atoms with Gasteiger partial charge in [-0.2, -0.15) is 15.8 Å². The zero-order chi connectivity index (χ0) is 32.0. The van der Waals surface area contributed by atoms with E-state index in [9.17, 15) is 0 Å². The van der Waals surface area contributed by atoms with E-state index in [-0.39, 0.29) is 0 Å². The Morgan fingerprint density at radius 1 is 0.422 bits per heavy atom. The molecule has 0 saturated heterocycles. The van der Waals surface area contributed by atoms with Crippen LogP contribution in [0.5, 0.6) is 0 Å². The van der Waals surface area contributed by atoms with Crippen molar-refractivity contribution in [2.24, 2.45) is 0 Å². The highest BCUT2D eigenvalue weighted by Crippen LogP contribution is 2.33. The number of rotatable bonds is 12. The largest absolute Gasteiger partial charge is 0.192 e. The van der Waals surface area contributed by atoms with E-state index in [4.69, 9.17) is 15.8 Å². The van der Waals surface area contributed by atoms with E-state index in [2.05, 4.69) is 111 Å². The summed E-state index contributed by atoms with van der Waals surface area (Å²) in [6, 6.07) is 38.3. The Morgan fingerprint density at radius 3 is 0.889 bits per heavy atom. The lowest BCUT2D eigenvalue weighted by Crippen LogP contribution is -1.89. The van der Waals surface area contributed by atoms with Crippen molar-refractivity contribution >= 4 is 0 Å². The first-order valence-corrected chi connectivity index (χ1v) is 14.6. The summed E-state index contributed by atoms with van der Waals surface area (Å²) in [4.78, 5) is 0. The number of allylic oxidation sites excluding steroid dienone is 9. The number of hydrogen-bond acceptors (Lipinski definition) is 3. The molecule has 0 saturated carbocycles. The van der Waals surface area contributed by atoms with E-state index in [0.29, 0.717) is 16.7 Å². The molecule has 4 rings (SSSR count). The Hall–Kier alpha value is -6.21. The topological polar surface area (TPSA) is 71.4 Å². The fourth-order valence-corrected chi connectivity index (χ4v) is 4.75. The smallest absolute Gasteiger partial charge is 0.0985 e. The minimum Gasteiger partial charge on any atom is -0.192 e. The lowest BCUT2D eigenvalue weighted by atomic mass is 9.92. The molecule has 0 aliphatic rings. The summed E-state index contributed by atoms with van der Waals surface area (Å²) in [5.41, 5.74) is 11.5. The van der Waals surface area contributed by atoms with Gasteiger partial charge in [0.05, 0.1) is 18.2 Å². The Kier molecular flexibility index (Phi) is 11.2. The third kappa shape index (κ3) is 9.39. The molecule has 0 spiro atoms. The van der Waals surface area contributed by atoms with Crippen LogP contribution in [-0.2, 0) is 19.3 Å². The van der Waals surface area contributed by atoms with Crippen molar-refractivity contribution in [3.8, 4) is 51.6 Å². The van der Waals surface area contributed by atoms with Crippen LogP contribution in [0.3, 0.4) is 0 Å². The molecule has 3 nitrogen and oxygen atoms in total. The maximum atomic E-state index is 8.92. The van der Waals surface area contributed by atoms with Gasteiger partial charge in [-0.15, -0.1) is 0 Å². The predicted molar refractivity (Wildman–Crippen MR) is 186 cm³/mol. The second-order valence-corrected chi connectivity index (χ2v) is 10.6. The zero-order valence-electron chi connectivity index (χ0n) is 25.2. The van der Waals surface area contributed by atoms with Gasteiger partial charge in [-0.1, -0.05) is 111 Å². The molecule has 0 aliphatic carbocycles. The van der Waals surface area contributed by atoms with Crippen LogP contribution in [0.25, 0.3) is 33.4 Å². The molecule has 0 fully saturated rings. The Morgan fingerprint density at radius 2 is 0.667 bits per heavy atom. The summed E-state index contributed by atoms with van der Waals surface area (Å²) in [6.07, 6.45) is 13.3. The average molecular weight is 580 g/mol.